The van der Waals surface area contributed by atoms with E-state index in [0.717, 1.165) is 5.75 Å². The molecule has 6 nitrogen and oxygen atoms in total. The van der Waals surface area contributed by atoms with Crippen molar-refractivity contribution in [3.05, 3.63) is 84.7 Å². The van der Waals surface area contributed by atoms with Crippen LogP contribution in [-0.2, 0) is 9.59 Å². The molecule has 0 aromatic heterocycles. The molecule has 0 aliphatic carbocycles. The van der Waals surface area contributed by atoms with Crippen molar-refractivity contribution in [2.75, 3.05) is 30.8 Å². The summed E-state index contributed by atoms with van der Waals surface area (Å²) in [6.45, 7) is 0.0205. The van der Waals surface area contributed by atoms with Crippen LogP contribution in [0.3, 0.4) is 0 Å². The topological polar surface area (TPSA) is 70.7 Å². The fourth-order valence-corrected chi connectivity index (χ4v) is 2.74. The normalized spacial score (nSPS) is 10.5. The zero-order valence-electron chi connectivity index (χ0n) is 16.5. The molecule has 0 unspecified atom stereocenters. The molecule has 0 fully saturated rings. The van der Waals surface area contributed by atoms with Crippen LogP contribution in [0.5, 0.6) is 11.5 Å². The third-order valence-electron chi connectivity index (χ3n) is 4.05. The van der Waals surface area contributed by atoms with Crippen LogP contribution < -0.4 is 15.4 Å². The van der Waals surface area contributed by atoms with E-state index in [-0.39, 0.29) is 24.9 Å². The van der Waals surface area contributed by atoms with Gasteiger partial charge >= 0.3 is 0 Å². The number of nitrogens with one attached hydrogen (secondary N) is 2. The molecule has 3 aromatic carbocycles. The van der Waals surface area contributed by atoms with Gasteiger partial charge in [0, 0.05) is 11.4 Å². The highest BCUT2D eigenvalue weighted by Gasteiger charge is 2.11. The minimum Gasteiger partial charge on any atom is -0.457 e. The van der Waals surface area contributed by atoms with Crippen molar-refractivity contribution in [2.24, 2.45) is 0 Å². The molecule has 3 aromatic rings. The van der Waals surface area contributed by atoms with Crippen molar-refractivity contribution in [3.63, 3.8) is 0 Å². The number of hydrogen-bond acceptors (Lipinski definition) is 4. The van der Waals surface area contributed by atoms with Gasteiger partial charge in [0.25, 0.3) is 0 Å². The Morgan fingerprint density at radius 3 is 2.03 bits per heavy atom. The fraction of sp³-hybridized carbons (Fsp3) is 0.130. The Kier molecular flexibility index (Phi) is 7.13. The first-order valence-electron chi connectivity index (χ1n) is 9.35. The molecule has 2 N–H and O–H groups in total. The first-order chi connectivity index (χ1) is 14.5. The lowest BCUT2D eigenvalue weighted by atomic mass is 10.3. The maximum absolute atomic E-state index is 13.2. The first kappa shape index (κ1) is 21.0. The van der Waals surface area contributed by atoms with Gasteiger partial charge in [-0.15, -0.1) is 0 Å². The zero-order chi connectivity index (χ0) is 21.3. The van der Waals surface area contributed by atoms with Crippen LogP contribution in [0.2, 0.25) is 0 Å². The van der Waals surface area contributed by atoms with E-state index in [9.17, 15) is 14.0 Å². The van der Waals surface area contributed by atoms with Crippen LogP contribution in [-0.4, -0.2) is 36.9 Å². The average molecular weight is 407 g/mol. The Morgan fingerprint density at radius 2 is 1.40 bits per heavy atom. The minimum atomic E-state index is -0.430. The lowest BCUT2D eigenvalue weighted by Crippen LogP contribution is -2.36. The molecule has 3 rings (SSSR count). The molecule has 0 bridgehead atoms. The summed E-state index contributed by atoms with van der Waals surface area (Å²) in [5.41, 5.74) is 0.994. The standard InChI is InChI=1S/C23H22FN3O3/c1-27(16-23(29)26-19-7-5-6-17(24)14-19)15-22(28)25-18-10-12-21(13-11-18)30-20-8-3-2-4-9-20/h2-14H,15-16H2,1H3,(H,25,28)(H,26,29). The number of anilines is 2. The van der Waals surface area contributed by atoms with Crippen LogP contribution >= 0.6 is 0 Å². The molecule has 0 aliphatic heterocycles. The summed E-state index contributed by atoms with van der Waals surface area (Å²) >= 11 is 0. The molecule has 7 heteroatoms. The number of halogens is 1. The van der Waals surface area contributed by atoms with E-state index in [1.165, 1.54) is 18.2 Å². The van der Waals surface area contributed by atoms with Crippen LogP contribution in [0, 0.1) is 5.82 Å². The van der Waals surface area contributed by atoms with Crippen molar-refractivity contribution in [1.82, 2.24) is 4.90 Å². The summed E-state index contributed by atoms with van der Waals surface area (Å²) in [6, 6.07) is 22.0. The Morgan fingerprint density at radius 1 is 0.800 bits per heavy atom. The van der Waals surface area contributed by atoms with Crippen LogP contribution in [0.1, 0.15) is 0 Å². The molecule has 30 heavy (non-hydrogen) atoms. The Balaban J connectivity index is 1.44. The number of amides is 2. The Bertz CT molecular complexity index is 994. The van der Waals surface area contributed by atoms with Crippen LogP contribution in [0.25, 0.3) is 0 Å². The molecule has 0 saturated carbocycles. The highest BCUT2D eigenvalue weighted by atomic mass is 19.1. The lowest BCUT2D eigenvalue weighted by Gasteiger charge is -2.16. The molecular formula is C23H22FN3O3. The monoisotopic (exact) mass is 407 g/mol. The average Bonchev–Trinajstić information content (AvgIpc) is 2.70. The van der Waals surface area contributed by atoms with Gasteiger partial charge in [-0.25, -0.2) is 4.39 Å². The summed E-state index contributed by atoms with van der Waals surface area (Å²) < 4.78 is 18.9. The number of rotatable bonds is 8. The quantitative estimate of drug-likeness (QED) is 0.589. The van der Waals surface area contributed by atoms with E-state index < -0.39 is 5.82 Å². The zero-order valence-corrected chi connectivity index (χ0v) is 16.5. The van der Waals surface area contributed by atoms with Crippen molar-refractivity contribution in [1.29, 1.82) is 0 Å². The number of likely N-dealkylation sites (N-methyl/N-ethyl adjacent to an activating group) is 1. The predicted octanol–water partition coefficient (Wildman–Crippen LogP) is 4.13. The van der Waals surface area contributed by atoms with Crippen molar-refractivity contribution >= 4 is 23.2 Å². The van der Waals surface area contributed by atoms with Crippen molar-refractivity contribution in [2.45, 2.75) is 0 Å². The molecule has 0 heterocycles. The molecule has 154 valence electrons. The van der Waals surface area contributed by atoms with Gasteiger partial charge in [0.15, 0.2) is 0 Å². The number of ether oxygens (including phenoxy) is 1. The maximum Gasteiger partial charge on any atom is 0.238 e. The molecule has 0 spiro atoms. The van der Waals surface area contributed by atoms with Gasteiger partial charge in [0.05, 0.1) is 13.1 Å². The van der Waals surface area contributed by atoms with Gasteiger partial charge in [-0.3, -0.25) is 14.5 Å². The summed E-state index contributed by atoms with van der Waals surface area (Å²) in [6.07, 6.45) is 0. The number of carbonyl (C=O) groups excluding carboxylic acids is 2. The Hall–Kier alpha value is -3.71. The molecule has 0 aliphatic rings. The molecule has 0 saturated heterocycles. The van der Waals surface area contributed by atoms with Gasteiger partial charge < -0.3 is 15.4 Å². The fourth-order valence-electron chi connectivity index (χ4n) is 2.74. The largest absolute Gasteiger partial charge is 0.457 e. The van der Waals surface area contributed by atoms with Gasteiger partial charge in [0.2, 0.25) is 11.8 Å². The maximum atomic E-state index is 13.2. The third kappa shape index (κ3) is 6.72. The number of hydrogen-bond donors (Lipinski definition) is 2. The van der Waals surface area contributed by atoms with Crippen LogP contribution in [0.4, 0.5) is 15.8 Å². The highest BCUT2D eigenvalue weighted by Crippen LogP contribution is 2.22. The van der Waals surface area contributed by atoms with Crippen molar-refractivity contribution < 1.29 is 18.7 Å². The first-order valence-corrected chi connectivity index (χ1v) is 9.35. The number of carbonyl (C=O) groups is 2. The van der Waals surface area contributed by atoms with Gasteiger partial charge in [0.1, 0.15) is 17.3 Å². The van der Waals surface area contributed by atoms with E-state index in [4.69, 9.17) is 4.74 Å². The SMILES string of the molecule is CN(CC(=O)Nc1ccc(Oc2ccccc2)cc1)CC(=O)Nc1cccc(F)c1. The third-order valence-corrected chi connectivity index (χ3v) is 4.05. The van der Waals surface area contributed by atoms with E-state index in [2.05, 4.69) is 10.6 Å². The molecular weight excluding hydrogens is 385 g/mol. The van der Waals surface area contributed by atoms with E-state index >= 15 is 0 Å². The van der Waals surface area contributed by atoms with E-state index in [1.54, 1.807) is 42.3 Å². The van der Waals surface area contributed by atoms with Crippen LogP contribution in [0.15, 0.2) is 78.9 Å². The Labute approximate surface area is 174 Å². The van der Waals surface area contributed by atoms with E-state index in [1.807, 2.05) is 30.3 Å². The van der Waals surface area contributed by atoms with Gasteiger partial charge in [-0.1, -0.05) is 24.3 Å². The second-order valence-corrected chi connectivity index (χ2v) is 6.72. The summed E-state index contributed by atoms with van der Waals surface area (Å²) in [5, 5.41) is 5.37. The van der Waals surface area contributed by atoms with Gasteiger partial charge in [-0.05, 0) is 61.6 Å². The molecule has 2 amide bonds. The van der Waals surface area contributed by atoms with Gasteiger partial charge in [-0.2, -0.15) is 0 Å². The smallest absolute Gasteiger partial charge is 0.238 e. The second-order valence-electron chi connectivity index (χ2n) is 6.72. The van der Waals surface area contributed by atoms with Crippen molar-refractivity contribution in [3.8, 4) is 11.5 Å². The predicted molar refractivity (Wildman–Crippen MR) is 114 cm³/mol. The second kappa shape index (κ2) is 10.2. The lowest BCUT2D eigenvalue weighted by molar-refractivity contribution is -0.119. The molecule has 0 radical (unpaired) electrons. The van der Waals surface area contributed by atoms with E-state index in [0.29, 0.717) is 17.1 Å². The minimum absolute atomic E-state index is 0.00616. The summed E-state index contributed by atoms with van der Waals surface area (Å²) in [7, 11) is 1.65. The highest BCUT2D eigenvalue weighted by molar-refractivity contribution is 5.94. The number of benzene rings is 3. The number of nitrogens with zero attached hydrogens (tertiary/aromatic N) is 1. The summed E-state index contributed by atoms with van der Waals surface area (Å²) in [4.78, 5) is 25.8. The number of para-hydroxylation sites is 1. The summed E-state index contributed by atoms with van der Waals surface area (Å²) in [5.74, 6) is 0.365. The molecule has 0 atom stereocenters.